The molecule has 0 bridgehead atoms. The molecule has 0 aliphatic carbocycles. The van der Waals surface area contributed by atoms with Gasteiger partial charge in [0.25, 0.3) is 0 Å². The van der Waals surface area contributed by atoms with Crippen LogP contribution < -0.4 is 18.9 Å². The van der Waals surface area contributed by atoms with E-state index < -0.39 is 16.1 Å². The normalized spacial score (nSPS) is 15.8. The number of hydrogen-bond acceptors (Lipinski definition) is 8. The van der Waals surface area contributed by atoms with Gasteiger partial charge in [0, 0.05) is 44.2 Å². The van der Waals surface area contributed by atoms with Crippen LogP contribution in [0.5, 0.6) is 17.2 Å². The molecular formula is C21H33N5O5S. The second-order valence-corrected chi connectivity index (χ2v) is 10.1. The van der Waals surface area contributed by atoms with Crippen molar-refractivity contribution in [1.82, 2.24) is 24.4 Å². The van der Waals surface area contributed by atoms with Crippen LogP contribution in [0, 0.1) is 5.92 Å². The Kier molecular flexibility index (Phi) is 7.63. The van der Waals surface area contributed by atoms with Crippen molar-refractivity contribution in [3.8, 4) is 17.2 Å². The van der Waals surface area contributed by atoms with Crippen molar-refractivity contribution in [2.75, 3.05) is 40.7 Å². The van der Waals surface area contributed by atoms with Gasteiger partial charge in [0.2, 0.25) is 10.0 Å². The van der Waals surface area contributed by atoms with Gasteiger partial charge >= 0.3 is 0 Å². The molecule has 2 aromatic rings. The lowest BCUT2D eigenvalue weighted by Gasteiger charge is -2.23. The van der Waals surface area contributed by atoms with Crippen LogP contribution in [0.2, 0.25) is 0 Å². The number of methoxy groups -OCH3 is 3. The smallest absolute Gasteiger partial charge is 0.209 e. The van der Waals surface area contributed by atoms with Gasteiger partial charge in [-0.3, -0.25) is 4.90 Å². The largest absolute Gasteiger partial charge is 0.496 e. The predicted molar refractivity (Wildman–Crippen MR) is 121 cm³/mol. The van der Waals surface area contributed by atoms with Crippen molar-refractivity contribution in [3.05, 3.63) is 29.3 Å². The molecule has 0 amide bonds. The molecule has 1 atom stereocenters. The van der Waals surface area contributed by atoms with Crippen LogP contribution in [-0.2, 0) is 29.5 Å². The first-order valence-electron chi connectivity index (χ1n) is 10.6. The zero-order valence-corrected chi connectivity index (χ0v) is 20.4. The Balaban J connectivity index is 1.80. The molecule has 0 spiro atoms. The minimum absolute atomic E-state index is 0.0356. The van der Waals surface area contributed by atoms with Crippen LogP contribution in [-0.4, -0.2) is 68.8 Å². The number of hydrogen-bond donors (Lipinski definition) is 1. The summed E-state index contributed by atoms with van der Waals surface area (Å²) in [5.74, 6) is 3.58. The van der Waals surface area contributed by atoms with E-state index >= 15 is 0 Å². The minimum atomic E-state index is -3.38. The molecule has 3 rings (SSSR count). The van der Waals surface area contributed by atoms with Crippen molar-refractivity contribution in [2.24, 2.45) is 5.92 Å². The van der Waals surface area contributed by atoms with Crippen molar-refractivity contribution < 1.29 is 22.6 Å². The van der Waals surface area contributed by atoms with Gasteiger partial charge in [-0.05, 0) is 12.0 Å². The molecule has 32 heavy (non-hydrogen) atoms. The quantitative estimate of drug-likeness (QED) is 0.593. The van der Waals surface area contributed by atoms with E-state index in [9.17, 15) is 8.42 Å². The fourth-order valence-corrected chi connectivity index (χ4v) is 4.79. The van der Waals surface area contributed by atoms with E-state index in [0.717, 1.165) is 30.2 Å². The first kappa shape index (κ1) is 24.3. The van der Waals surface area contributed by atoms with E-state index in [4.69, 9.17) is 14.2 Å². The molecule has 2 heterocycles. The van der Waals surface area contributed by atoms with Crippen LogP contribution in [0.3, 0.4) is 0 Å². The van der Waals surface area contributed by atoms with Gasteiger partial charge in [0.05, 0.1) is 33.6 Å². The second kappa shape index (κ2) is 10.1. The third-order valence-electron chi connectivity index (χ3n) is 5.61. The minimum Gasteiger partial charge on any atom is -0.496 e. The molecule has 1 aliphatic heterocycles. The van der Waals surface area contributed by atoms with Crippen molar-refractivity contribution >= 4 is 10.0 Å². The second-order valence-electron chi connectivity index (χ2n) is 8.28. The molecule has 1 aromatic carbocycles. The lowest BCUT2D eigenvalue weighted by Crippen LogP contribution is -2.33. The van der Waals surface area contributed by atoms with E-state index in [1.54, 1.807) is 21.3 Å². The molecule has 0 radical (unpaired) electrons. The summed E-state index contributed by atoms with van der Waals surface area (Å²) in [6.45, 7) is 6.84. The van der Waals surface area contributed by atoms with Crippen LogP contribution >= 0.6 is 0 Å². The fourth-order valence-electron chi connectivity index (χ4n) is 3.95. The molecule has 1 N–H and O–H groups in total. The molecule has 10 nitrogen and oxygen atoms in total. The molecule has 0 unspecified atom stereocenters. The highest BCUT2D eigenvalue weighted by Crippen LogP contribution is 2.35. The zero-order chi connectivity index (χ0) is 23.5. The van der Waals surface area contributed by atoms with Gasteiger partial charge in [-0.25, -0.2) is 13.1 Å². The maximum atomic E-state index is 11.9. The Labute approximate surface area is 189 Å². The van der Waals surface area contributed by atoms with E-state index in [-0.39, 0.29) is 5.92 Å². The standard InChI is InChI=1S/C21H33N5O5S/c1-14(2)20(24-32(6,27)28)21-23-22-19-7-8-25(9-10-26(19)21)13-15-11-17(30-4)18(31-5)12-16(15)29-3/h11-12,14,20,24H,7-10,13H2,1-6H3/t20-/m1/s1. The predicted octanol–water partition coefficient (Wildman–Crippen LogP) is 1.61. The molecule has 178 valence electrons. The maximum Gasteiger partial charge on any atom is 0.209 e. The number of nitrogens with one attached hydrogen (secondary N) is 1. The Morgan fingerprint density at radius 3 is 2.25 bits per heavy atom. The number of sulfonamides is 1. The van der Waals surface area contributed by atoms with E-state index in [1.165, 1.54) is 6.26 Å². The van der Waals surface area contributed by atoms with Gasteiger partial charge in [-0.15, -0.1) is 10.2 Å². The van der Waals surface area contributed by atoms with E-state index in [0.29, 0.717) is 36.8 Å². The summed E-state index contributed by atoms with van der Waals surface area (Å²) in [7, 11) is 1.47. The number of ether oxygens (including phenoxy) is 3. The lowest BCUT2D eigenvalue weighted by atomic mass is 10.1. The SMILES string of the molecule is COc1cc(OC)c(OC)cc1CN1CCc2nnc([C@H](NS(C)(=O)=O)C(C)C)n2CC1. The highest BCUT2D eigenvalue weighted by atomic mass is 32.2. The van der Waals surface area contributed by atoms with Gasteiger partial charge in [0.15, 0.2) is 17.3 Å². The topological polar surface area (TPSA) is 108 Å². The average Bonchev–Trinajstić information content (AvgIpc) is 3.04. The van der Waals surface area contributed by atoms with Gasteiger partial charge < -0.3 is 18.8 Å². The Morgan fingerprint density at radius 1 is 1.00 bits per heavy atom. The number of rotatable bonds is 9. The number of benzene rings is 1. The fraction of sp³-hybridized carbons (Fsp3) is 0.619. The number of nitrogens with zero attached hydrogens (tertiary/aromatic N) is 4. The monoisotopic (exact) mass is 467 g/mol. The van der Waals surface area contributed by atoms with E-state index in [1.807, 2.05) is 26.0 Å². The summed E-state index contributed by atoms with van der Waals surface area (Å²) in [6, 6.07) is 3.35. The van der Waals surface area contributed by atoms with Crippen LogP contribution in [0.25, 0.3) is 0 Å². The first-order chi connectivity index (χ1) is 15.2. The Morgan fingerprint density at radius 2 is 1.66 bits per heavy atom. The summed E-state index contributed by atoms with van der Waals surface area (Å²) in [6.07, 6.45) is 1.88. The number of fused-ring (bicyclic) bond motifs is 1. The summed E-state index contributed by atoms with van der Waals surface area (Å²) in [5.41, 5.74) is 1.00. The average molecular weight is 468 g/mol. The summed E-state index contributed by atoms with van der Waals surface area (Å²) < 4.78 is 44.9. The summed E-state index contributed by atoms with van der Waals surface area (Å²) in [5, 5.41) is 8.71. The molecule has 0 fully saturated rings. The lowest BCUT2D eigenvalue weighted by molar-refractivity contribution is 0.263. The highest BCUT2D eigenvalue weighted by molar-refractivity contribution is 7.88. The molecule has 0 saturated carbocycles. The molecule has 1 aliphatic rings. The van der Waals surface area contributed by atoms with E-state index in [2.05, 4.69) is 24.4 Å². The van der Waals surface area contributed by atoms with Crippen molar-refractivity contribution in [3.63, 3.8) is 0 Å². The molecule has 11 heteroatoms. The Bertz CT molecular complexity index is 1040. The van der Waals surface area contributed by atoms with Gasteiger partial charge in [-0.1, -0.05) is 13.8 Å². The van der Waals surface area contributed by atoms with Gasteiger partial charge in [-0.2, -0.15) is 0 Å². The Hall–Kier alpha value is -2.37. The zero-order valence-electron chi connectivity index (χ0n) is 19.6. The molecule has 1 aromatic heterocycles. The van der Waals surface area contributed by atoms with Gasteiger partial charge in [0.1, 0.15) is 11.6 Å². The number of aromatic nitrogens is 3. The molecular weight excluding hydrogens is 434 g/mol. The first-order valence-corrected chi connectivity index (χ1v) is 12.5. The third kappa shape index (κ3) is 5.51. The molecule has 0 saturated heterocycles. The van der Waals surface area contributed by atoms with Crippen molar-refractivity contribution in [1.29, 1.82) is 0 Å². The van der Waals surface area contributed by atoms with Crippen LogP contribution in [0.1, 0.15) is 37.1 Å². The van der Waals surface area contributed by atoms with Crippen LogP contribution in [0.15, 0.2) is 12.1 Å². The summed E-state index contributed by atoms with van der Waals surface area (Å²) >= 11 is 0. The van der Waals surface area contributed by atoms with Crippen LogP contribution in [0.4, 0.5) is 0 Å². The summed E-state index contributed by atoms with van der Waals surface area (Å²) in [4.78, 5) is 2.32. The third-order valence-corrected chi connectivity index (χ3v) is 6.30. The highest BCUT2D eigenvalue weighted by Gasteiger charge is 2.28. The van der Waals surface area contributed by atoms with Crippen molar-refractivity contribution in [2.45, 2.75) is 39.4 Å². The maximum absolute atomic E-state index is 11.9.